The van der Waals surface area contributed by atoms with Gasteiger partial charge in [0.1, 0.15) is 10.3 Å². The third kappa shape index (κ3) is 1.58. The second-order valence-electron chi connectivity index (χ2n) is 3.56. The van der Waals surface area contributed by atoms with Crippen LogP contribution in [-0.4, -0.2) is 19.7 Å². The monoisotopic (exact) mass is 244 g/mol. The highest BCUT2D eigenvalue weighted by Gasteiger charge is 2.06. The van der Waals surface area contributed by atoms with Crippen LogP contribution in [0.5, 0.6) is 0 Å². The van der Waals surface area contributed by atoms with Crippen molar-refractivity contribution >= 4 is 23.3 Å². The number of rotatable bonds is 1. The van der Waals surface area contributed by atoms with Gasteiger partial charge < -0.3 is 0 Å². The summed E-state index contributed by atoms with van der Waals surface area (Å²) in [4.78, 5) is 16.6. The average Bonchev–Trinajstić information content (AvgIpc) is 2.74. The second kappa shape index (κ2) is 3.67. The Morgan fingerprint density at radius 1 is 1.18 bits per heavy atom. The topological polar surface area (TPSA) is 66.5 Å². The molecule has 2 aromatic heterocycles. The van der Waals surface area contributed by atoms with Gasteiger partial charge in [0.15, 0.2) is 0 Å². The molecule has 0 unspecified atom stereocenters. The molecule has 5 nitrogen and oxygen atoms in total. The zero-order chi connectivity index (χ0) is 11.8. The van der Waals surface area contributed by atoms with Crippen molar-refractivity contribution in [1.29, 1.82) is 0 Å². The van der Waals surface area contributed by atoms with Crippen LogP contribution in [0.4, 0.5) is 0 Å². The lowest BCUT2D eigenvalue weighted by molar-refractivity contribution is 0.890. The number of nitrogens with one attached hydrogen (secondary N) is 2. The van der Waals surface area contributed by atoms with Crippen LogP contribution in [0.2, 0.25) is 0 Å². The molecule has 0 aliphatic rings. The first-order valence-corrected chi connectivity index (χ1v) is 5.42. The zero-order valence-electron chi connectivity index (χ0n) is 8.68. The standard InChI is InChI=1S/C11H8N4OS/c16-11-13-9-8(10(17)14-11)6-12-15(9)7-4-2-1-3-5-7/h1-6H,(H2,13,14,16,17). The molecule has 17 heavy (non-hydrogen) atoms. The molecule has 0 aliphatic heterocycles. The number of fused-ring (bicyclic) bond motifs is 1. The molecule has 6 heteroatoms. The molecule has 0 saturated carbocycles. The first-order chi connectivity index (χ1) is 8.25. The molecule has 0 bridgehead atoms. The fraction of sp³-hybridized carbons (Fsp3) is 0. The van der Waals surface area contributed by atoms with Gasteiger partial charge in [-0.1, -0.05) is 30.4 Å². The molecular weight excluding hydrogens is 236 g/mol. The number of hydrogen-bond donors (Lipinski definition) is 2. The molecule has 3 aromatic rings. The van der Waals surface area contributed by atoms with Crippen LogP contribution in [-0.2, 0) is 0 Å². The number of hydrogen-bond acceptors (Lipinski definition) is 3. The van der Waals surface area contributed by atoms with E-state index in [1.54, 1.807) is 10.9 Å². The van der Waals surface area contributed by atoms with Crippen molar-refractivity contribution in [2.75, 3.05) is 0 Å². The van der Waals surface area contributed by atoms with E-state index in [9.17, 15) is 4.79 Å². The lowest BCUT2D eigenvalue weighted by Gasteiger charge is -2.01. The highest BCUT2D eigenvalue weighted by atomic mass is 32.1. The molecule has 0 aliphatic carbocycles. The minimum absolute atomic E-state index is 0.333. The van der Waals surface area contributed by atoms with Gasteiger partial charge in [0.25, 0.3) is 0 Å². The minimum atomic E-state index is -0.333. The van der Waals surface area contributed by atoms with E-state index in [0.717, 1.165) is 11.1 Å². The van der Waals surface area contributed by atoms with Crippen LogP contribution in [0.15, 0.2) is 41.3 Å². The van der Waals surface area contributed by atoms with E-state index in [-0.39, 0.29) is 5.69 Å². The fourth-order valence-electron chi connectivity index (χ4n) is 1.71. The molecule has 1 aromatic carbocycles. The summed E-state index contributed by atoms with van der Waals surface area (Å²) in [5.74, 6) is 0. The summed E-state index contributed by atoms with van der Waals surface area (Å²) < 4.78 is 2.05. The van der Waals surface area contributed by atoms with Crippen molar-refractivity contribution in [3.8, 4) is 5.69 Å². The highest BCUT2D eigenvalue weighted by molar-refractivity contribution is 7.71. The quantitative estimate of drug-likeness (QED) is 0.641. The van der Waals surface area contributed by atoms with E-state index in [4.69, 9.17) is 12.2 Å². The van der Waals surface area contributed by atoms with Crippen molar-refractivity contribution in [1.82, 2.24) is 19.7 Å². The van der Waals surface area contributed by atoms with Crippen LogP contribution in [0, 0.1) is 4.64 Å². The van der Waals surface area contributed by atoms with Gasteiger partial charge in [-0.2, -0.15) is 5.10 Å². The Bertz CT molecular complexity index is 784. The van der Waals surface area contributed by atoms with Gasteiger partial charge in [-0.15, -0.1) is 0 Å². The van der Waals surface area contributed by atoms with Gasteiger partial charge in [-0.3, -0.25) is 9.97 Å². The summed E-state index contributed by atoms with van der Waals surface area (Å²) >= 11 is 5.08. The van der Waals surface area contributed by atoms with Crippen LogP contribution in [0.25, 0.3) is 16.7 Å². The van der Waals surface area contributed by atoms with Crippen molar-refractivity contribution in [3.63, 3.8) is 0 Å². The molecule has 0 spiro atoms. The third-order valence-electron chi connectivity index (χ3n) is 2.47. The molecule has 0 atom stereocenters. The molecule has 2 heterocycles. The Balaban J connectivity index is 2.40. The molecule has 0 amide bonds. The zero-order valence-corrected chi connectivity index (χ0v) is 9.49. The van der Waals surface area contributed by atoms with E-state index < -0.39 is 0 Å². The normalized spacial score (nSPS) is 10.8. The average molecular weight is 244 g/mol. The molecule has 2 N–H and O–H groups in total. The first kappa shape index (κ1) is 9.98. The first-order valence-electron chi connectivity index (χ1n) is 5.01. The van der Waals surface area contributed by atoms with Gasteiger partial charge in [-0.05, 0) is 12.1 Å². The molecule has 84 valence electrons. The van der Waals surface area contributed by atoms with Crippen molar-refractivity contribution in [2.45, 2.75) is 0 Å². The fourth-order valence-corrected chi connectivity index (χ4v) is 1.95. The van der Waals surface area contributed by atoms with E-state index in [1.807, 2.05) is 30.3 Å². The highest BCUT2D eigenvalue weighted by Crippen LogP contribution is 2.14. The Morgan fingerprint density at radius 3 is 2.71 bits per heavy atom. The van der Waals surface area contributed by atoms with E-state index in [2.05, 4.69) is 15.1 Å². The van der Waals surface area contributed by atoms with E-state index >= 15 is 0 Å². The second-order valence-corrected chi connectivity index (χ2v) is 3.97. The third-order valence-corrected chi connectivity index (χ3v) is 2.80. The maximum atomic E-state index is 11.4. The Hall–Kier alpha value is -2.21. The summed E-state index contributed by atoms with van der Waals surface area (Å²) in [6.07, 6.45) is 1.64. The van der Waals surface area contributed by atoms with Crippen molar-refractivity contribution in [3.05, 3.63) is 51.7 Å². The predicted molar refractivity (Wildman–Crippen MR) is 66.9 cm³/mol. The molecule has 3 rings (SSSR count). The number of benzene rings is 1. The van der Waals surface area contributed by atoms with E-state index in [1.165, 1.54) is 0 Å². The summed E-state index contributed by atoms with van der Waals surface area (Å²) in [5, 5.41) is 4.95. The van der Waals surface area contributed by atoms with Gasteiger partial charge in [0, 0.05) is 0 Å². The SMILES string of the molecule is O=c1[nH]c(=S)c2cnn(-c3ccccc3)c2[nH]1. The molecular formula is C11H8N4OS. The minimum Gasteiger partial charge on any atom is -0.298 e. The van der Waals surface area contributed by atoms with Crippen LogP contribution in [0.1, 0.15) is 0 Å². The molecule has 0 radical (unpaired) electrons. The lowest BCUT2D eigenvalue weighted by atomic mass is 10.3. The number of nitrogens with zero attached hydrogens (tertiary/aromatic N) is 2. The van der Waals surface area contributed by atoms with Crippen molar-refractivity contribution in [2.24, 2.45) is 0 Å². The molecule has 0 fully saturated rings. The maximum Gasteiger partial charge on any atom is 0.325 e. The molecule has 0 saturated heterocycles. The summed E-state index contributed by atoms with van der Waals surface area (Å²) in [7, 11) is 0. The van der Waals surface area contributed by atoms with Crippen LogP contribution in [0.3, 0.4) is 0 Å². The Morgan fingerprint density at radius 2 is 1.94 bits per heavy atom. The smallest absolute Gasteiger partial charge is 0.298 e. The number of aromatic amines is 2. The van der Waals surface area contributed by atoms with Gasteiger partial charge >= 0.3 is 5.69 Å². The maximum absolute atomic E-state index is 11.4. The van der Waals surface area contributed by atoms with Gasteiger partial charge in [0.2, 0.25) is 0 Å². The van der Waals surface area contributed by atoms with E-state index in [0.29, 0.717) is 10.3 Å². The Labute approximate surface area is 101 Å². The van der Waals surface area contributed by atoms with Gasteiger partial charge in [0.05, 0.1) is 17.3 Å². The predicted octanol–water partition coefficient (Wildman–Crippen LogP) is 1.77. The Kier molecular flexibility index (Phi) is 2.15. The summed E-state index contributed by atoms with van der Waals surface area (Å²) in [6.45, 7) is 0. The van der Waals surface area contributed by atoms with Crippen LogP contribution < -0.4 is 5.69 Å². The number of aromatic nitrogens is 4. The largest absolute Gasteiger partial charge is 0.325 e. The van der Waals surface area contributed by atoms with Crippen molar-refractivity contribution < 1.29 is 0 Å². The van der Waals surface area contributed by atoms with Crippen LogP contribution >= 0.6 is 12.2 Å². The number of para-hydroxylation sites is 1. The summed E-state index contributed by atoms with van der Waals surface area (Å²) in [5.41, 5.74) is 1.14. The summed E-state index contributed by atoms with van der Waals surface area (Å²) in [6, 6.07) is 9.55. The van der Waals surface area contributed by atoms with Gasteiger partial charge in [-0.25, -0.2) is 9.48 Å². The number of H-pyrrole nitrogens is 2. The lowest BCUT2D eigenvalue weighted by Crippen LogP contribution is -2.11.